The Bertz CT molecular complexity index is 482. The van der Waals surface area contributed by atoms with E-state index >= 15 is 0 Å². The Labute approximate surface area is 112 Å². The molecule has 0 saturated carbocycles. The van der Waals surface area contributed by atoms with Crippen LogP contribution in [0.25, 0.3) is 0 Å². The molecule has 0 aromatic heterocycles. The molecule has 5 nitrogen and oxygen atoms in total. The van der Waals surface area contributed by atoms with Gasteiger partial charge in [0.2, 0.25) is 0 Å². The van der Waals surface area contributed by atoms with Crippen LogP contribution in [0.3, 0.4) is 0 Å². The van der Waals surface area contributed by atoms with Crippen molar-refractivity contribution >= 4 is 11.9 Å². The molecule has 1 aromatic carbocycles. The Kier molecular flexibility index (Phi) is 4.92. The third kappa shape index (κ3) is 3.98. The lowest BCUT2D eigenvalue weighted by Crippen LogP contribution is -2.40. The number of amides is 1. The third-order valence-corrected chi connectivity index (χ3v) is 3.07. The molecule has 1 amide bonds. The van der Waals surface area contributed by atoms with Gasteiger partial charge in [0.1, 0.15) is 5.75 Å². The minimum Gasteiger partial charge on any atom is -0.508 e. The van der Waals surface area contributed by atoms with E-state index in [2.05, 4.69) is 5.32 Å². The van der Waals surface area contributed by atoms with Crippen molar-refractivity contribution in [1.29, 1.82) is 0 Å². The van der Waals surface area contributed by atoms with Crippen LogP contribution in [0.5, 0.6) is 5.75 Å². The predicted octanol–water partition coefficient (Wildman–Crippen LogP) is 1.93. The lowest BCUT2D eigenvalue weighted by atomic mass is 9.99. The molecular formula is C14H19NO4. The maximum absolute atomic E-state index is 12.1. The van der Waals surface area contributed by atoms with Crippen LogP contribution in [-0.2, 0) is 4.79 Å². The van der Waals surface area contributed by atoms with Gasteiger partial charge in [-0.25, -0.2) is 0 Å². The summed E-state index contributed by atoms with van der Waals surface area (Å²) in [6.45, 7) is 5.35. The van der Waals surface area contributed by atoms with E-state index in [0.29, 0.717) is 11.1 Å². The monoisotopic (exact) mass is 265 g/mol. The number of hydrogen-bond acceptors (Lipinski definition) is 3. The second-order valence-corrected chi connectivity index (χ2v) is 4.87. The SMILES string of the molecule is Cc1c(O)cccc1C(=O)NC(CC(=O)O)C(C)C. The number of nitrogens with one attached hydrogen (secondary N) is 1. The summed E-state index contributed by atoms with van der Waals surface area (Å²) in [7, 11) is 0. The normalized spacial score (nSPS) is 12.2. The van der Waals surface area contributed by atoms with Crippen LogP contribution in [0.4, 0.5) is 0 Å². The number of carboxylic acids is 1. The van der Waals surface area contributed by atoms with Crippen molar-refractivity contribution in [2.24, 2.45) is 5.92 Å². The van der Waals surface area contributed by atoms with Gasteiger partial charge in [-0.05, 0) is 25.0 Å². The number of carboxylic acid groups (broad SMARTS) is 1. The minimum atomic E-state index is -0.952. The topological polar surface area (TPSA) is 86.6 Å². The van der Waals surface area contributed by atoms with Gasteiger partial charge in [-0.3, -0.25) is 9.59 Å². The predicted molar refractivity (Wildman–Crippen MR) is 71.2 cm³/mol. The summed E-state index contributed by atoms with van der Waals surface area (Å²) in [6.07, 6.45) is -0.124. The summed E-state index contributed by atoms with van der Waals surface area (Å²) in [5.74, 6) is -1.26. The number of benzene rings is 1. The number of aromatic hydroxyl groups is 1. The summed E-state index contributed by atoms with van der Waals surface area (Å²) >= 11 is 0. The maximum Gasteiger partial charge on any atom is 0.305 e. The van der Waals surface area contributed by atoms with Crippen molar-refractivity contribution in [3.63, 3.8) is 0 Å². The van der Waals surface area contributed by atoms with Crippen LogP contribution in [0.2, 0.25) is 0 Å². The average molecular weight is 265 g/mol. The standard InChI is InChI=1S/C14H19NO4/c1-8(2)11(7-13(17)18)15-14(19)10-5-4-6-12(16)9(10)3/h4-6,8,11,16H,7H2,1-3H3,(H,15,19)(H,17,18). The van der Waals surface area contributed by atoms with E-state index in [-0.39, 0.29) is 24.0 Å². The summed E-state index contributed by atoms with van der Waals surface area (Å²) in [5, 5.41) is 21.1. The van der Waals surface area contributed by atoms with Crippen molar-refractivity contribution in [2.45, 2.75) is 33.2 Å². The number of rotatable bonds is 5. The zero-order valence-corrected chi connectivity index (χ0v) is 11.3. The molecule has 1 aromatic rings. The second kappa shape index (κ2) is 6.22. The number of phenolic OH excluding ortho intramolecular Hbond substituents is 1. The zero-order chi connectivity index (χ0) is 14.6. The van der Waals surface area contributed by atoms with E-state index in [4.69, 9.17) is 5.11 Å². The van der Waals surface area contributed by atoms with Gasteiger partial charge >= 0.3 is 5.97 Å². The maximum atomic E-state index is 12.1. The van der Waals surface area contributed by atoms with Crippen LogP contribution in [0.1, 0.15) is 36.2 Å². The van der Waals surface area contributed by atoms with E-state index < -0.39 is 12.0 Å². The lowest BCUT2D eigenvalue weighted by molar-refractivity contribution is -0.137. The van der Waals surface area contributed by atoms with Crippen molar-refractivity contribution < 1.29 is 19.8 Å². The summed E-state index contributed by atoms with van der Waals surface area (Å²) < 4.78 is 0. The van der Waals surface area contributed by atoms with Crippen LogP contribution in [-0.4, -0.2) is 28.1 Å². The molecule has 0 radical (unpaired) electrons. The Morgan fingerprint density at radius 3 is 2.47 bits per heavy atom. The quantitative estimate of drug-likeness (QED) is 0.759. The van der Waals surface area contributed by atoms with Gasteiger partial charge in [-0.15, -0.1) is 0 Å². The zero-order valence-electron chi connectivity index (χ0n) is 11.3. The highest BCUT2D eigenvalue weighted by atomic mass is 16.4. The molecule has 0 fully saturated rings. The first-order chi connectivity index (χ1) is 8.82. The van der Waals surface area contributed by atoms with Gasteiger partial charge in [-0.1, -0.05) is 19.9 Å². The largest absolute Gasteiger partial charge is 0.508 e. The smallest absolute Gasteiger partial charge is 0.305 e. The van der Waals surface area contributed by atoms with Gasteiger partial charge in [0.05, 0.1) is 6.42 Å². The second-order valence-electron chi connectivity index (χ2n) is 4.87. The number of phenols is 1. The van der Waals surface area contributed by atoms with Gasteiger partial charge in [-0.2, -0.15) is 0 Å². The molecule has 104 valence electrons. The van der Waals surface area contributed by atoms with E-state index in [1.807, 2.05) is 13.8 Å². The Hall–Kier alpha value is -2.04. The Balaban J connectivity index is 2.88. The van der Waals surface area contributed by atoms with Crippen molar-refractivity contribution in [1.82, 2.24) is 5.32 Å². The number of hydrogen-bond donors (Lipinski definition) is 3. The molecule has 0 spiro atoms. The van der Waals surface area contributed by atoms with Gasteiger partial charge in [0.25, 0.3) is 5.91 Å². The van der Waals surface area contributed by atoms with Gasteiger partial charge < -0.3 is 15.5 Å². The molecule has 0 heterocycles. The molecule has 0 aliphatic carbocycles. The fourth-order valence-corrected chi connectivity index (χ4v) is 1.76. The third-order valence-electron chi connectivity index (χ3n) is 3.07. The minimum absolute atomic E-state index is 0.0117. The number of carbonyl (C=O) groups excluding carboxylic acids is 1. The number of aliphatic carboxylic acids is 1. The molecule has 1 atom stereocenters. The first-order valence-corrected chi connectivity index (χ1v) is 6.14. The Morgan fingerprint density at radius 2 is 1.95 bits per heavy atom. The first kappa shape index (κ1) is 15.0. The van der Waals surface area contributed by atoms with Crippen molar-refractivity contribution in [3.8, 4) is 5.75 Å². The van der Waals surface area contributed by atoms with Crippen LogP contribution in [0, 0.1) is 12.8 Å². The molecule has 0 bridgehead atoms. The highest BCUT2D eigenvalue weighted by molar-refractivity contribution is 5.96. The van der Waals surface area contributed by atoms with Gasteiger partial charge in [0, 0.05) is 17.2 Å². The average Bonchev–Trinajstić information content (AvgIpc) is 2.31. The van der Waals surface area contributed by atoms with Crippen molar-refractivity contribution in [2.75, 3.05) is 0 Å². The molecule has 0 aliphatic rings. The van der Waals surface area contributed by atoms with Crippen LogP contribution in [0.15, 0.2) is 18.2 Å². The molecule has 0 saturated heterocycles. The number of carbonyl (C=O) groups is 2. The summed E-state index contributed by atoms with van der Waals surface area (Å²) in [5.41, 5.74) is 0.842. The van der Waals surface area contributed by atoms with Crippen LogP contribution >= 0.6 is 0 Å². The molecule has 5 heteroatoms. The molecule has 19 heavy (non-hydrogen) atoms. The summed E-state index contributed by atoms with van der Waals surface area (Å²) in [6, 6.07) is 4.25. The van der Waals surface area contributed by atoms with E-state index in [1.54, 1.807) is 19.1 Å². The highest BCUT2D eigenvalue weighted by Crippen LogP contribution is 2.20. The summed E-state index contributed by atoms with van der Waals surface area (Å²) in [4.78, 5) is 22.9. The molecule has 1 unspecified atom stereocenters. The molecule has 1 rings (SSSR count). The fourth-order valence-electron chi connectivity index (χ4n) is 1.76. The molecule has 3 N–H and O–H groups in total. The van der Waals surface area contributed by atoms with E-state index in [1.165, 1.54) is 6.07 Å². The molecular weight excluding hydrogens is 246 g/mol. The van der Waals surface area contributed by atoms with Crippen molar-refractivity contribution in [3.05, 3.63) is 29.3 Å². The van der Waals surface area contributed by atoms with E-state index in [0.717, 1.165) is 0 Å². The van der Waals surface area contributed by atoms with Crippen LogP contribution < -0.4 is 5.32 Å². The first-order valence-electron chi connectivity index (χ1n) is 6.14. The lowest BCUT2D eigenvalue weighted by Gasteiger charge is -2.21. The Morgan fingerprint density at radius 1 is 1.32 bits per heavy atom. The highest BCUT2D eigenvalue weighted by Gasteiger charge is 2.21. The fraction of sp³-hybridized carbons (Fsp3) is 0.429. The van der Waals surface area contributed by atoms with Gasteiger partial charge in [0.15, 0.2) is 0 Å². The van der Waals surface area contributed by atoms with E-state index in [9.17, 15) is 14.7 Å². The molecule has 0 aliphatic heterocycles.